The standard InChI is InChI=1S/C10H17F3N2OS/c1-17-5-3-8(14)9(16)15-4-2-7(6-15)10(11,12)13/h7-8H,2-6,14H2,1H3/t7?,8-/m0/s1. The molecule has 0 spiro atoms. The molecule has 0 bridgehead atoms. The van der Waals surface area contributed by atoms with Crippen molar-refractivity contribution in [1.29, 1.82) is 0 Å². The number of alkyl halides is 3. The van der Waals surface area contributed by atoms with Gasteiger partial charge in [0.1, 0.15) is 0 Å². The van der Waals surface area contributed by atoms with E-state index in [0.29, 0.717) is 6.42 Å². The van der Waals surface area contributed by atoms with Crippen LogP contribution in [0.2, 0.25) is 0 Å². The van der Waals surface area contributed by atoms with Crippen LogP contribution >= 0.6 is 11.8 Å². The topological polar surface area (TPSA) is 46.3 Å². The van der Waals surface area contributed by atoms with Crippen LogP contribution in [0.4, 0.5) is 13.2 Å². The molecule has 0 radical (unpaired) electrons. The maximum Gasteiger partial charge on any atom is 0.393 e. The lowest BCUT2D eigenvalue weighted by Crippen LogP contribution is -2.43. The molecule has 2 atom stereocenters. The van der Waals surface area contributed by atoms with E-state index in [1.54, 1.807) is 11.8 Å². The molecule has 0 aromatic carbocycles. The molecule has 1 aliphatic rings. The molecule has 1 unspecified atom stereocenters. The first-order chi connectivity index (χ1) is 7.86. The van der Waals surface area contributed by atoms with E-state index >= 15 is 0 Å². The Morgan fingerprint density at radius 2 is 2.24 bits per heavy atom. The minimum Gasteiger partial charge on any atom is -0.341 e. The fourth-order valence-electron chi connectivity index (χ4n) is 1.83. The van der Waals surface area contributed by atoms with Gasteiger partial charge in [0.15, 0.2) is 0 Å². The van der Waals surface area contributed by atoms with Crippen molar-refractivity contribution in [2.75, 3.05) is 25.1 Å². The summed E-state index contributed by atoms with van der Waals surface area (Å²) < 4.78 is 37.3. The van der Waals surface area contributed by atoms with Gasteiger partial charge in [-0.3, -0.25) is 4.79 Å². The molecule has 1 fully saturated rings. The van der Waals surface area contributed by atoms with E-state index < -0.39 is 18.1 Å². The van der Waals surface area contributed by atoms with Crippen molar-refractivity contribution < 1.29 is 18.0 Å². The molecular weight excluding hydrogens is 253 g/mol. The van der Waals surface area contributed by atoms with Gasteiger partial charge in [-0.15, -0.1) is 0 Å². The second kappa shape index (κ2) is 5.95. The summed E-state index contributed by atoms with van der Waals surface area (Å²) in [6, 6.07) is -0.672. The third-order valence-electron chi connectivity index (χ3n) is 2.91. The van der Waals surface area contributed by atoms with Crippen LogP contribution in [0.3, 0.4) is 0 Å². The lowest BCUT2D eigenvalue weighted by atomic mass is 10.1. The Labute approximate surface area is 103 Å². The van der Waals surface area contributed by atoms with E-state index in [-0.39, 0.29) is 25.4 Å². The minimum absolute atomic E-state index is 0.00944. The first-order valence-electron chi connectivity index (χ1n) is 5.46. The summed E-state index contributed by atoms with van der Waals surface area (Å²) in [5, 5.41) is 0. The number of thioether (sulfide) groups is 1. The smallest absolute Gasteiger partial charge is 0.341 e. The number of nitrogens with zero attached hydrogens (tertiary/aromatic N) is 1. The molecule has 1 amide bonds. The quantitative estimate of drug-likeness (QED) is 0.841. The Bertz CT molecular complexity index is 273. The Balaban J connectivity index is 2.45. The van der Waals surface area contributed by atoms with Crippen molar-refractivity contribution in [2.45, 2.75) is 25.1 Å². The molecule has 0 aromatic rings. The number of hydrogen-bond acceptors (Lipinski definition) is 3. The SMILES string of the molecule is CSCC[C@H](N)C(=O)N1CCC(C(F)(F)F)C1. The highest BCUT2D eigenvalue weighted by Gasteiger charge is 2.45. The van der Waals surface area contributed by atoms with Crippen LogP contribution in [0.1, 0.15) is 12.8 Å². The summed E-state index contributed by atoms with van der Waals surface area (Å²) in [4.78, 5) is 13.0. The number of carbonyl (C=O) groups excluding carboxylic acids is 1. The van der Waals surface area contributed by atoms with Crippen LogP contribution in [0.25, 0.3) is 0 Å². The zero-order chi connectivity index (χ0) is 13.1. The van der Waals surface area contributed by atoms with Crippen molar-refractivity contribution in [3.63, 3.8) is 0 Å². The number of carbonyl (C=O) groups is 1. The predicted molar refractivity (Wildman–Crippen MR) is 61.7 cm³/mol. The Kier molecular flexibility index (Phi) is 5.12. The highest BCUT2D eigenvalue weighted by molar-refractivity contribution is 7.98. The summed E-state index contributed by atoms with van der Waals surface area (Å²) in [7, 11) is 0. The average molecular weight is 270 g/mol. The van der Waals surface area contributed by atoms with Gasteiger partial charge in [0.25, 0.3) is 0 Å². The van der Waals surface area contributed by atoms with Crippen LogP contribution < -0.4 is 5.73 Å². The summed E-state index contributed by atoms with van der Waals surface area (Å²) >= 11 is 1.56. The second-order valence-electron chi connectivity index (χ2n) is 4.20. The van der Waals surface area contributed by atoms with Gasteiger partial charge in [0.2, 0.25) is 5.91 Å². The molecule has 0 saturated carbocycles. The Morgan fingerprint density at radius 1 is 1.59 bits per heavy atom. The predicted octanol–water partition coefficient (Wildman–Crippen LogP) is 1.48. The van der Waals surface area contributed by atoms with E-state index in [0.717, 1.165) is 5.75 Å². The van der Waals surface area contributed by atoms with Gasteiger partial charge < -0.3 is 10.6 Å². The molecule has 100 valence electrons. The molecule has 0 aliphatic carbocycles. The van der Waals surface area contributed by atoms with Crippen LogP contribution in [0.15, 0.2) is 0 Å². The molecule has 1 aliphatic heterocycles. The van der Waals surface area contributed by atoms with Gasteiger partial charge in [-0.05, 0) is 24.9 Å². The molecule has 0 aromatic heterocycles. The molecule has 1 rings (SSSR count). The largest absolute Gasteiger partial charge is 0.393 e. The van der Waals surface area contributed by atoms with Crippen molar-refractivity contribution >= 4 is 17.7 Å². The Morgan fingerprint density at radius 3 is 2.71 bits per heavy atom. The third-order valence-corrected chi connectivity index (χ3v) is 3.56. The number of hydrogen-bond donors (Lipinski definition) is 1. The molecular formula is C10H17F3N2OS. The van der Waals surface area contributed by atoms with E-state index in [9.17, 15) is 18.0 Å². The van der Waals surface area contributed by atoms with E-state index in [1.165, 1.54) is 4.90 Å². The number of likely N-dealkylation sites (tertiary alicyclic amines) is 1. The van der Waals surface area contributed by atoms with E-state index in [4.69, 9.17) is 5.73 Å². The van der Waals surface area contributed by atoms with Crippen LogP contribution in [0, 0.1) is 5.92 Å². The summed E-state index contributed by atoms with van der Waals surface area (Å²) in [6.45, 7) is -0.0781. The summed E-state index contributed by atoms with van der Waals surface area (Å²) in [6.07, 6.45) is -1.82. The van der Waals surface area contributed by atoms with Crippen LogP contribution in [-0.4, -0.2) is 48.1 Å². The minimum atomic E-state index is -4.21. The zero-order valence-electron chi connectivity index (χ0n) is 9.67. The van der Waals surface area contributed by atoms with Gasteiger partial charge in [0.05, 0.1) is 12.0 Å². The van der Waals surface area contributed by atoms with Gasteiger partial charge >= 0.3 is 6.18 Å². The van der Waals surface area contributed by atoms with Crippen LogP contribution in [0.5, 0.6) is 0 Å². The first kappa shape index (κ1) is 14.6. The lowest BCUT2D eigenvalue weighted by molar-refractivity contribution is -0.171. The zero-order valence-corrected chi connectivity index (χ0v) is 10.5. The van der Waals surface area contributed by atoms with E-state index in [2.05, 4.69) is 0 Å². The fourth-order valence-corrected chi connectivity index (χ4v) is 2.32. The lowest BCUT2D eigenvalue weighted by Gasteiger charge is -2.21. The van der Waals surface area contributed by atoms with Gasteiger partial charge in [-0.1, -0.05) is 0 Å². The summed E-state index contributed by atoms with van der Waals surface area (Å²) in [5.74, 6) is -1.01. The van der Waals surface area contributed by atoms with Crippen molar-refractivity contribution in [3.8, 4) is 0 Å². The number of nitrogens with two attached hydrogens (primary N) is 1. The highest BCUT2D eigenvalue weighted by Crippen LogP contribution is 2.33. The van der Waals surface area contributed by atoms with Crippen molar-refractivity contribution in [3.05, 3.63) is 0 Å². The molecule has 17 heavy (non-hydrogen) atoms. The van der Waals surface area contributed by atoms with Crippen molar-refractivity contribution in [1.82, 2.24) is 4.90 Å². The average Bonchev–Trinajstić information content (AvgIpc) is 2.73. The second-order valence-corrected chi connectivity index (χ2v) is 5.19. The van der Waals surface area contributed by atoms with Gasteiger partial charge in [-0.2, -0.15) is 24.9 Å². The molecule has 1 saturated heterocycles. The molecule has 7 heteroatoms. The number of amides is 1. The summed E-state index contributed by atoms with van der Waals surface area (Å²) in [5.41, 5.74) is 5.65. The first-order valence-corrected chi connectivity index (χ1v) is 6.85. The van der Waals surface area contributed by atoms with Gasteiger partial charge in [0, 0.05) is 13.1 Å². The molecule has 1 heterocycles. The molecule has 2 N–H and O–H groups in total. The van der Waals surface area contributed by atoms with Gasteiger partial charge in [-0.25, -0.2) is 0 Å². The van der Waals surface area contributed by atoms with Crippen molar-refractivity contribution in [2.24, 2.45) is 11.7 Å². The normalized spacial score (nSPS) is 22.9. The third kappa shape index (κ3) is 4.06. The maximum atomic E-state index is 12.4. The number of halogens is 3. The van der Waals surface area contributed by atoms with E-state index in [1.807, 2.05) is 6.26 Å². The highest BCUT2D eigenvalue weighted by atomic mass is 32.2. The maximum absolute atomic E-state index is 12.4. The number of rotatable bonds is 4. The van der Waals surface area contributed by atoms with Crippen LogP contribution in [-0.2, 0) is 4.79 Å². The fraction of sp³-hybridized carbons (Fsp3) is 0.900. The Hall–Kier alpha value is -0.430. The molecule has 3 nitrogen and oxygen atoms in total. The monoisotopic (exact) mass is 270 g/mol.